The van der Waals surface area contributed by atoms with Crippen LogP contribution in [0.4, 0.5) is 11.4 Å². The summed E-state index contributed by atoms with van der Waals surface area (Å²) >= 11 is 1.60. The summed E-state index contributed by atoms with van der Waals surface area (Å²) in [6, 6.07) is 15.3. The summed E-state index contributed by atoms with van der Waals surface area (Å²) in [5.74, 6) is 1.60. The predicted molar refractivity (Wildman–Crippen MR) is 129 cm³/mol. The molecule has 0 aliphatic carbocycles. The van der Waals surface area contributed by atoms with Gasteiger partial charge >= 0.3 is 0 Å². The normalized spacial score (nSPS) is 17.5. The Hall–Kier alpha value is -2.47. The molecular weight excluding hydrogens is 408 g/mol. The van der Waals surface area contributed by atoms with Gasteiger partial charge in [-0.05, 0) is 47.6 Å². The first-order valence-electron chi connectivity index (χ1n) is 10.6. The Morgan fingerprint density at radius 2 is 1.94 bits per heavy atom. The molecule has 6 heteroatoms. The van der Waals surface area contributed by atoms with E-state index in [2.05, 4.69) is 33.0 Å². The van der Waals surface area contributed by atoms with Crippen molar-refractivity contribution in [3.8, 4) is 5.75 Å². The molecule has 0 saturated carbocycles. The van der Waals surface area contributed by atoms with Crippen molar-refractivity contribution in [1.82, 2.24) is 0 Å². The van der Waals surface area contributed by atoms with Gasteiger partial charge in [0.05, 0.1) is 12.9 Å². The van der Waals surface area contributed by atoms with Crippen LogP contribution in [0.2, 0.25) is 0 Å². The SMILES string of the molecule is COc1cccc(N2C(=O)CS[C@@H]2c2ccc(NC(=O)C[C@@H](C)CC(C)(C)C)cc2)c1. The van der Waals surface area contributed by atoms with Crippen LogP contribution in [0, 0.1) is 11.3 Å². The quantitative estimate of drug-likeness (QED) is 0.584. The maximum Gasteiger partial charge on any atom is 0.238 e. The molecule has 0 unspecified atom stereocenters. The molecule has 2 amide bonds. The monoisotopic (exact) mass is 440 g/mol. The topological polar surface area (TPSA) is 58.6 Å². The van der Waals surface area contributed by atoms with Gasteiger partial charge < -0.3 is 10.1 Å². The minimum absolute atomic E-state index is 0.0351. The van der Waals surface area contributed by atoms with Crippen LogP contribution in [0.5, 0.6) is 5.75 Å². The van der Waals surface area contributed by atoms with Gasteiger partial charge in [0.1, 0.15) is 11.1 Å². The lowest BCUT2D eigenvalue weighted by Gasteiger charge is -2.25. The van der Waals surface area contributed by atoms with Gasteiger partial charge in [-0.25, -0.2) is 0 Å². The molecule has 31 heavy (non-hydrogen) atoms. The fraction of sp³-hybridized carbons (Fsp3) is 0.440. The zero-order valence-electron chi connectivity index (χ0n) is 19.0. The first-order valence-corrected chi connectivity index (χ1v) is 11.7. The van der Waals surface area contributed by atoms with Crippen molar-refractivity contribution in [1.29, 1.82) is 0 Å². The molecule has 1 heterocycles. The van der Waals surface area contributed by atoms with Gasteiger partial charge in [-0.2, -0.15) is 0 Å². The highest BCUT2D eigenvalue weighted by atomic mass is 32.2. The Morgan fingerprint density at radius 1 is 1.23 bits per heavy atom. The zero-order chi connectivity index (χ0) is 22.6. The van der Waals surface area contributed by atoms with Crippen molar-refractivity contribution < 1.29 is 14.3 Å². The second-order valence-corrected chi connectivity index (χ2v) is 10.4. The molecule has 1 aliphatic rings. The zero-order valence-corrected chi connectivity index (χ0v) is 19.8. The van der Waals surface area contributed by atoms with Crippen LogP contribution in [0.15, 0.2) is 48.5 Å². The third-order valence-electron chi connectivity index (χ3n) is 5.17. The van der Waals surface area contributed by atoms with Crippen LogP contribution in [0.1, 0.15) is 51.5 Å². The Balaban J connectivity index is 1.67. The number of carbonyl (C=O) groups excluding carboxylic acids is 2. The molecular formula is C25H32N2O3S. The number of hydrogen-bond acceptors (Lipinski definition) is 4. The predicted octanol–water partition coefficient (Wildman–Crippen LogP) is 5.87. The average Bonchev–Trinajstić information content (AvgIpc) is 3.08. The number of nitrogens with zero attached hydrogens (tertiary/aromatic N) is 1. The van der Waals surface area contributed by atoms with Crippen LogP contribution >= 0.6 is 11.8 Å². The van der Waals surface area contributed by atoms with Crippen molar-refractivity contribution in [3.05, 3.63) is 54.1 Å². The van der Waals surface area contributed by atoms with E-state index in [0.717, 1.165) is 29.1 Å². The number of methoxy groups -OCH3 is 1. The molecule has 3 rings (SSSR count). The molecule has 1 aliphatic heterocycles. The van der Waals surface area contributed by atoms with Crippen LogP contribution in [0.3, 0.4) is 0 Å². The Bertz CT molecular complexity index is 921. The number of nitrogens with one attached hydrogen (secondary N) is 1. The Labute approximate surface area is 189 Å². The summed E-state index contributed by atoms with van der Waals surface area (Å²) < 4.78 is 5.31. The molecule has 2 aromatic rings. The lowest BCUT2D eigenvalue weighted by molar-refractivity contribution is -0.117. The average molecular weight is 441 g/mol. The largest absolute Gasteiger partial charge is 0.497 e. The molecule has 2 aromatic carbocycles. The van der Waals surface area contributed by atoms with Crippen LogP contribution in [-0.2, 0) is 9.59 Å². The van der Waals surface area contributed by atoms with Crippen molar-refractivity contribution >= 4 is 35.0 Å². The second kappa shape index (κ2) is 9.77. The van der Waals surface area contributed by atoms with Crippen LogP contribution < -0.4 is 15.0 Å². The molecule has 5 nitrogen and oxygen atoms in total. The standard InChI is InChI=1S/C25H32N2O3S/c1-17(15-25(2,3)4)13-22(28)26-19-11-9-18(10-12-19)24-27(23(29)16-31-24)20-7-6-8-21(14-20)30-5/h6-12,14,17,24H,13,15-16H2,1-5H3,(H,26,28)/t17-,24-/m1/s1. The number of thioether (sulfide) groups is 1. The summed E-state index contributed by atoms with van der Waals surface area (Å²) in [6.45, 7) is 8.71. The van der Waals surface area contributed by atoms with E-state index >= 15 is 0 Å². The summed E-state index contributed by atoms with van der Waals surface area (Å²) in [5, 5.41) is 2.90. The minimum atomic E-state index is -0.101. The van der Waals surface area contributed by atoms with Crippen LogP contribution in [-0.4, -0.2) is 24.7 Å². The van der Waals surface area contributed by atoms with Crippen molar-refractivity contribution in [2.75, 3.05) is 23.1 Å². The summed E-state index contributed by atoms with van der Waals surface area (Å²) in [7, 11) is 1.62. The summed E-state index contributed by atoms with van der Waals surface area (Å²) in [6.07, 6.45) is 1.52. The van der Waals surface area contributed by atoms with E-state index in [9.17, 15) is 9.59 Å². The number of benzene rings is 2. The molecule has 166 valence electrons. The number of anilines is 2. The van der Waals surface area contributed by atoms with Crippen LogP contribution in [0.25, 0.3) is 0 Å². The molecule has 1 saturated heterocycles. The number of carbonyl (C=O) groups is 2. The molecule has 0 aromatic heterocycles. The molecule has 0 bridgehead atoms. The van der Waals surface area contributed by atoms with Gasteiger partial charge in [0, 0.05) is 23.9 Å². The number of rotatable bonds is 7. The number of ether oxygens (including phenoxy) is 1. The fourth-order valence-corrected chi connectivity index (χ4v) is 5.26. The Morgan fingerprint density at radius 3 is 2.58 bits per heavy atom. The maximum absolute atomic E-state index is 12.6. The van der Waals surface area contributed by atoms with E-state index in [1.54, 1.807) is 18.9 Å². The van der Waals surface area contributed by atoms with Gasteiger partial charge in [-0.1, -0.05) is 45.9 Å². The van der Waals surface area contributed by atoms with Gasteiger partial charge in [0.25, 0.3) is 0 Å². The minimum Gasteiger partial charge on any atom is -0.497 e. The lowest BCUT2D eigenvalue weighted by atomic mass is 9.84. The fourth-order valence-electron chi connectivity index (χ4n) is 4.09. The second-order valence-electron chi connectivity index (χ2n) is 9.37. The van der Waals surface area contributed by atoms with E-state index in [1.807, 2.05) is 53.4 Å². The molecule has 1 fully saturated rings. The lowest BCUT2D eigenvalue weighted by Crippen LogP contribution is -2.27. The first-order chi connectivity index (χ1) is 14.7. The van der Waals surface area contributed by atoms with E-state index in [-0.39, 0.29) is 22.6 Å². The molecule has 0 radical (unpaired) electrons. The third kappa shape index (κ3) is 6.26. The van der Waals surface area contributed by atoms with Gasteiger partial charge in [0.2, 0.25) is 11.8 Å². The molecule has 2 atom stereocenters. The van der Waals surface area contributed by atoms with Crippen molar-refractivity contribution in [2.45, 2.75) is 45.9 Å². The number of hydrogen-bond donors (Lipinski definition) is 1. The molecule has 0 spiro atoms. The van der Waals surface area contributed by atoms with Crippen molar-refractivity contribution in [3.63, 3.8) is 0 Å². The van der Waals surface area contributed by atoms with E-state index in [1.165, 1.54) is 0 Å². The highest BCUT2D eigenvalue weighted by Crippen LogP contribution is 2.42. The van der Waals surface area contributed by atoms with E-state index in [4.69, 9.17) is 4.74 Å². The van der Waals surface area contributed by atoms with Gasteiger partial charge in [-0.3, -0.25) is 14.5 Å². The Kier molecular flexibility index (Phi) is 7.31. The molecule has 1 N–H and O–H groups in total. The summed E-state index contributed by atoms with van der Waals surface area (Å²) in [4.78, 5) is 26.8. The highest BCUT2D eigenvalue weighted by molar-refractivity contribution is 8.00. The smallest absolute Gasteiger partial charge is 0.238 e. The number of amides is 2. The maximum atomic E-state index is 12.6. The van der Waals surface area contributed by atoms with Crippen molar-refractivity contribution in [2.24, 2.45) is 11.3 Å². The van der Waals surface area contributed by atoms with Gasteiger partial charge in [-0.15, -0.1) is 11.8 Å². The van der Waals surface area contributed by atoms with E-state index in [0.29, 0.717) is 18.1 Å². The summed E-state index contributed by atoms with van der Waals surface area (Å²) in [5.41, 5.74) is 2.84. The van der Waals surface area contributed by atoms with Gasteiger partial charge in [0.15, 0.2) is 0 Å². The highest BCUT2D eigenvalue weighted by Gasteiger charge is 2.34. The van der Waals surface area contributed by atoms with E-state index < -0.39 is 0 Å². The first kappa shape index (κ1) is 23.2. The third-order valence-corrected chi connectivity index (χ3v) is 6.39.